The third kappa shape index (κ3) is 2.75. The Morgan fingerprint density at radius 3 is 3.00 bits per heavy atom. The lowest BCUT2D eigenvalue weighted by molar-refractivity contribution is 0.0683. The predicted octanol–water partition coefficient (Wildman–Crippen LogP) is 1.93. The monoisotopic (exact) mass is 300 g/mol. The zero-order valence-electron chi connectivity index (χ0n) is 12.4. The fraction of sp³-hybridized carbons (Fsp3) is 0.333. The maximum absolute atomic E-state index is 12.4. The van der Waals surface area contributed by atoms with Crippen LogP contribution in [0.25, 0.3) is 10.9 Å². The topological polar surface area (TPSA) is 83.0 Å². The fourth-order valence-corrected chi connectivity index (χ4v) is 2.19. The number of hydrogen-bond donors (Lipinski definition) is 0. The van der Waals surface area contributed by atoms with Gasteiger partial charge in [0.15, 0.2) is 5.82 Å². The van der Waals surface area contributed by atoms with Gasteiger partial charge in [-0.25, -0.2) is 4.98 Å². The van der Waals surface area contributed by atoms with Crippen molar-refractivity contribution in [1.82, 2.24) is 19.7 Å². The van der Waals surface area contributed by atoms with E-state index >= 15 is 0 Å². The van der Waals surface area contributed by atoms with Gasteiger partial charge in [-0.3, -0.25) is 9.36 Å². The van der Waals surface area contributed by atoms with Crippen molar-refractivity contribution in [3.63, 3.8) is 0 Å². The van der Waals surface area contributed by atoms with Gasteiger partial charge in [-0.15, -0.1) is 0 Å². The second kappa shape index (κ2) is 6.07. The number of fused-ring (bicyclic) bond motifs is 1. The normalized spacial score (nSPS) is 12.6. The number of aromatic nitrogens is 4. The van der Waals surface area contributed by atoms with Crippen molar-refractivity contribution in [3.8, 4) is 0 Å². The highest BCUT2D eigenvalue weighted by Gasteiger charge is 2.14. The van der Waals surface area contributed by atoms with Crippen LogP contribution in [-0.2, 0) is 11.3 Å². The molecule has 0 amide bonds. The van der Waals surface area contributed by atoms with Crippen LogP contribution >= 0.6 is 0 Å². The van der Waals surface area contributed by atoms with Crippen molar-refractivity contribution < 1.29 is 9.26 Å². The van der Waals surface area contributed by atoms with Crippen LogP contribution in [0, 0.1) is 0 Å². The van der Waals surface area contributed by atoms with Gasteiger partial charge in [-0.05, 0) is 26.0 Å². The lowest BCUT2D eigenvalue weighted by atomic mass is 10.2. The van der Waals surface area contributed by atoms with Crippen molar-refractivity contribution in [3.05, 3.63) is 52.7 Å². The van der Waals surface area contributed by atoms with Gasteiger partial charge < -0.3 is 9.26 Å². The molecular formula is C15H16N4O3. The van der Waals surface area contributed by atoms with E-state index in [1.807, 2.05) is 26.0 Å². The Kier molecular flexibility index (Phi) is 3.97. The second-order valence-corrected chi connectivity index (χ2v) is 4.84. The Labute approximate surface area is 126 Å². The minimum absolute atomic E-state index is 0.136. The van der Waals surface area contributed by atoms with Crippen molar-refractivity contribution in [2.45, 2.75) is 26.5 Å². The summed E-state index contributed by atoms with van der Waals surface area (Å²) < 4.78 is 12.0. The van der Waals surface area contributed by atoms with Crippen molar-refractivity contribution in [1.29, 1.82) is 0 Å². The van der Waals surface area contributed by atoms with Gasteiger partial charge >= 0.3 is 0 Å². The van der Waals surface area contributed by atoms with E-state index in [4.69, 9.17) is 9.26 Å². The van der Waals surface area contributed by atoms with E-state index in [1.165, 1.54) is 10.9 Å². The van der Waals surface area contributed by atoms with E-state index in [9.17, 15) is 4.79 Å². The number of rotatable bonds is 5. The highest BCUT2D eigenvalue weighted by atomic mass is 16.5. The van der Waals surface area contributed by atoms with Gasteiger partial charge in [0.05, 0.1) is 17.2 Å². The van der Waals surface area contributed by atoms with Gasteiger partial charge in [0.1, 0.15) is 12.6 Å². The van der Waals surface area contributed by atoms with Crippen LogP contribution in [0.4, 0.5) is 0 Å². The van der Waals surface area contributed by atoms with E-state index in [1.54, 1.807) is 12.1 Å². The first-order valence-electron chi connectivity index (χ1n) is 7.07. The molecule has 0 aliphatic carbocycles. The Morgan fingerprint density at radius 2 is 2.18 bits per heavy atom. The first kappa shape index (κ1) is 14.4. The van der Waals surface area contributed by atoms with Crippen LogP contribution in [0.2, 0.25) is 0 Å². The van der Waals surface area contributed by atoms with Crippen LogP contribution < -0.4 is 5.56 Å². The predicted molar refractivity (Wildman–Crippen MR) is 79.4 cm³/mol. The molecule has 0 saturated heterocycles. The maximum atomic E-state index is 12.4. The summed E-state index contributed by atoms with van der Waals surface area (Å²) in [5.74, 6) is 0.819. The molecular weight excluding hydrogens is 284 g/mol. The molecule has 0 radical (unpaired) electrons. The van der Waals surface area contributed by atoms with E-state index < -0.39 is 0 Å². The lowest BCUT2D eigenvalue weighted by Gasteiger charge is -2.05. The molecule has 3 aromatic rings. The number of hydrogen-bond acceptors (Lipinski definition) is 6. The molecule has 0 spiro atoms. The molecule has 1 atom stereocenters. The molecule has 1 aromatic carbocycles. The van der Waals surface area contributed by atoms with E-state index in [0.717, 1.165) is 0 Å². The van der Waals surface area contributed by atoms with Gasteiger partial charge in [-0.2, -0.15) is 4.98 Å². The summed E-state index contributed by atoms with van der Waals surface area (Å²) in [4.78, 5) is 20.9. The number of benzene rings is 1. The van der Waals surface area contributed by atoms with Crippen LogP contribution in [-0.4, -0.2) is 26.3 Å². The Bertz CT molecular complexity index is 840. The minimum Gasteiger partial charge on any atom is -0.371 e. The molecule has 2 heterocycles. The van der Waals surface area contributed by atoms with E-state index in [2.05, 4.69) is 15.1 Å². The van der Waals surface area contributed by atoms with Gasteiger partial charge in [0.25, 0.3) is 5.56 Å². The van der Waals surface area contributed by atoms with Crippen molar-refractivity contribution >= 4 is 10.9 Å². The minimum atomic E-state index is -0.242. The van der Waals surface area contributed by atoms with Crippen molar-refractivity contribution in [2.75, 3.05) is 6.61 Å². The molecule has 0 saturated carbocycles. The average Bonchev–Trinajstić information content (AvgIpc) is 2.99. The van der Waals surface area contributed by atoms with Crippen LogP contribution in [0.1, 0.15) is 31.7 Å². The molecule has 2 aromatic heterocycles. The molecule has 0 aliphatic rings. The smallest absolute Gasteiger partial charge is 0.261 e. The third-order valence-electron chi connectivity index (χ3n) is 3.30. The molecule has 0 bridgehead atoms. The highest BCUT2D eigenvalue weighted by Crippen LogP contribution is 2.13. The summed E-state index contributed by atoms with van der Waals surface area (Å²) in [6.07, 6.45) is 1.24. The summed E-state index contributed by atoms with van der Waals surface area (Å²) >= 11 is 0. The number of ether oxygens (including phenoxy) is 1. The quantitative estimate of drug-likeness (QED) is 0.716. The third-order valence-corrected chi connectivity index (χ3v) is 3.30. The zero-order chi connectivity index (χ0) is 15.5. The number of nitrogens with zero attached hydrogens (tertiary/aromatic N) is 4. The molecule has 3 rings (SSSR count). The zero-order valence-corrected chi connectivity index (χ0v) is 12.4. The summed E-state index contributed by atoms with van der Waals surface area (Å²) in [5, 5.41) is 4.44. The SMILES string of the molecule is CCO[C@H](C)c1noc(Cn2cnc3ccccc3c2=O)n1. The highest BCUT2D eigenvalue weighted by molar-refractivity contribution is 5.76. The first-order valence-corrected chi connectivity index (χ1v) is 7.07. The largest absolute Gasteiger partial charge is 0.371 e. The maximum Gasteiger partial charge on any atom is 0.261 e. The van der Waals surface area contributed by atoms with Crippen molar-refractivity contribution in [2.24, 2.45) is 0 Å². The van der Waals surface area contributed by atoms with E-state index in [-0.39, 0.29) is 18.2 Å². The number of para-hydroxylation sites is 1. The summed E-state index contributed by atoms with van der Waals surface area (Å²) in [5.41, 5.74) is 0.531. The molecule has 114 valence electrons. The molecule has 0 fully saturated rings. The molecule has 0 aliphatic heterocycles. The Balaban J connectivity index is 1.87. The lowest BCUT2D eigenvalue weighted by Crippen LogP contribution is -2.21. The fourth-order valence-electron chi connectivity index (χ4n) is 2.19. The average molecular weight is 300 g/mol. The van der Waals surface area contributed by atoms with Gasteiger partial charge in [0, 0.05) is 6.61 Å². The van der Waals surface area contributed by atoms with Crippen LogP contribution in [0.5, 0.6) is 0 Å². The molecule has 0 N–H and O–H groups in total. The summed E-state index contributed by atoms with van der Waals surface area (Å²) in [7, 11) is 0. The molecule has 7 heteroatoms. The Hall–Kier alpha value is -2.54. The standard InChI is InChI=1S/C15H16N4O3/c1-3-21-10(2)14-17-13(22-18-14)8-19-9-16-12-7-5-4-6-11(12)15(19)20/h4-7,9-10H,3,8H2,1-2H3/t10-/m1/s1. The molecule has 22 heavy (non-hydrogen) atoms. The van der Waals surface area contributed by atoms with E-state index in [0.29, 0.717) is 29.2 Å². The van der Waals surface area contributed by atoms with Crippen LogP contribution in [0.15, 0.2) is 39.9 Å². The Morgan fingerprint density at radius 1 is 1.36 bits per heavy atom. The first-order chi connectivity index (χ1) is 10.7. The van der Waals surface area contributed by atoms with Crippen LogP contribution in [0.3, 0.4) is 0 Å². The molecule has 7 nitrogen and oxygen atoms in total. The van der Waals surface area contributed by atoms with Gasteiger partial charge in [-0.1, -0.05) is 17.3 Å². The summed E-state index contributed by atoms with van der Waals surface area (Å²) in [6.45, 7) is 4.50. The second-order valence-electron chi connectivity index (χ2n) is 4.84. The summed E-state index contributed by atoms with van der Waals surface area (Å²) in [6, 6.07) is 7.20. The van der Waals surface area contributed by atoms with Gasteiger partial charge in [0.2, 0.25) is 5.89 Å². The molecule has 0 unspecified atom stereocenters.